The summed E-state index contributed by atoms with van der Waals surface area (Å²) in [7, 11) is -3.98. The topological polar surface area (TPSA) is 80.2 Å². The first-order valence-corrected chi connectivity index (χ1v) is 9.98. The molecule has 1 amide bonds. The SMILES string of the molecule is O=C(NNS(=O)(=O)c1ccc(Cl)c(Cl)c1)c1sccc1-n1cccc1. The standard InChI is InChI=1S/C15H11Cl2N3O3S2/c16-11-4-3-10(9-12(11)17)25(22,23)19-18-15(21)14-13(5-8-24-14)20-6-1-2-7-20/h1-9,19H,(H,18,21). The molecule has 0 aliphatic heterocycles. The third-order valence-electron chi connectivity index (χ3n) is 3.23. The van der Waals surface area contributed by atoms with Gasteiger partial charge in [-0.1, -0.05) is 23.2 Å². The van der Waals surface area contributed by atoms with Gasteiger partial charge in [0.1, 0.15) is 4.88 Å². The number of sulfonamides is 1. The van der Waals surface area contributed by atoms with E-state index in [2.05, 4.69) is 10.3 Å². The lowest BCUT2D eigenvalue weighted by Crippen LogP contribution is -2.41. The number of benzene rings is 1. The highest BCUT2D eigenvalue weighted by atomic mass is 35.5. The third-order valence-corrected chi connectivity index (χ3v) is 6.12. The number of hydrogen-bond donors (Lipinski definition) is 2. The van der Waals surface area contributed by atoms with Crippen LogP contribution in [0.25, 0.3) is 5.69 Å². The predicted molar refractivity (Wildman–Crippen MR) is 97.9 cm³/mol. The first-order valence-electron chi connectivity index (χ1n) is 6.86. The molecule has 6 nitrogen and oxygen atoms in total. The maximum Gasteiger partial charge on any atom is 0.278 e. The first-order chi connectivity index (χ1) is 11.9. The van der Waals surface area contributed by atoms with E-state index in [1.165, 1.54) is 29.5 Å². The summed E-state index contributed by atoms with van der Waals surface area (Å²) >= 11 is 12.8. The van der Waals surface area contributed by atoms with E-state index in [1.54, 1.807) is 28.4 Å². The minimum atomic E-state index is -3.98. The molecule has 25 heavy (non-hydrogen) atoms. The van der Waals surface area contributed by atoms with Crippen LogP contribution in [-0.2, 0) is 10.0 Å². The Kier molecular flexibility index (Phi) is 5.16. The van der Waals surface area contributed by atoms with Gasteiger partial charge in [0.05, 0.1) is 20.6 Å². The largest absolute Gasteiger partial charge is 0.322 e. The lowest BCUT2D eigenvalue weighted by atomic mass is 10.3. The smallest absolute Gasteiger partial charge is 0.278 e. The Bertz CT molecular complexity index is 1010. The third kappa shape index (κ3) is 3.88. The van der Waals surface area contributed by atoms with E-state index in [0.29, 0.717) is 10.6 Å². The maximum absolute atomic E-state index is 12.3. The van der Waals surface area contributed by atoms with Crippen LogP contribution >= 0.6 is 34.5 Å². The summed E-state index contributed by atoms with van der Waals surface area (Å²) in [5, 5.41) is 2.08. The highest BCUT2D eigenvalue weighted by Crippen LogP contribution is 2.25. The number of nitrogens with zero attached hydrogens (tertiary/aromatic N) is 1. The van der Waals surface area contributed by atoms with Crippen molar-refractivity contribution in [1.82, 2.24) is 14.8 Å². The van der Waals surface area contributed by atoms with Crippen molar-refractivity contribution in [3.05, 3.63) is 69.1 Å². The Morgan fingerprint density at radius 1 is 1.08 bits per heavy atom. The number of hydrogen-bond acceptors (Lipinski definition) is 4. The van der Waals surface area contributed by atoms with E-state index in [-0.39, 0.29) is 14.9 Å². The fourth-order valence-electron chi connectivity index (χ4n) is 2.04. The van der Waals surface area contributed by atoms with E-state index in [4.69, 9.17) is 23.2 Å². The molecule has 0 fully saturated rings. The molecule has 0 saturated carbocycles. The van der Waals surface area contributed by atoms with Gasteiger partial charge >= 0.3 is 0 Å². The number of thiophene rings is 1. The summed E-state index contributed by atoms with van der Waals surface area (Å²) in [6.07, 6.45) is 3.58. The molecule has 0 radical (unpaired) electrons. The molecule has 0 spiro atoms. The molecule has 0 atom stereocenters. The number of amides is 1. The van der Waals surface area contributed by atoms with Crippen LogP contribution in [0.2, 0.25) is 10.0 Å². The van der Waals surface area contributed by atoms with Gasteiger partial charge in [-0.15, -0.1) is 16.2 Å². The summed E-state index contributed by atoms with van der Waals surface area (Å²) in [5.41, 5.74) is 2.86. The van der Waals surface area contributed by atoms with Crippen molar-refractivity contribution in [2.24, 2.45) is 0 Å². The molecular weight excluding hydrogens is 405 g/mol. The van der Waals surface area contributed by atoms with Crippen molar-refractivity contribution in [2.45, 2.75) is 4.90 Å². The quantitative estimate of drug-likeness (QED) is 0.625. The van der Waals surface area contributed by atoms with E-state index in [1.807, 2.05) is 12.1 Å². The average molecular weight is 416 g/mol. The number of nitrogens with one attached hydrogen (secondary N) is 2. The van der Waals surface area contributed by atoms with Crippen LogP contribution < -0.4 is 10.3 Å². The van der Waals surface area contributed by atoms with E-state index in [9.17, 15) is 13.2 Å². The number of hydrazine groups is 1. The highest BCUT2D eigenvalue weighted by Gasteiger charge is 2.19. The molecule has 1 aromatic carbocycles. The molecule has 3 rings (SSSR count). The fraction of sp³-hybridized carbons (Fsp3) is 0. The first kappa shape index (κ1) is 18.0. The number of halogens is 2. The van der Waals surface area contributed by atoms with Gasteiger partial charge in [-0.05, 0) is 41.8 Å². The minimum Gasteiger partial charge on any atom is -0.322 e. The number of carbonyl (C=O) groups is 1. The van der Waals surface area contributed by atoms with Crippen LogP contribution in [0.15, 0.2) is 59.1 Å². The fourth-order valence-corrected chi connectivity index (χ4v) is 4.06. The van der Waals surface area contributed by atoms with Crippen molar-refractivity contribution in [3.63, 3.8) is 0 Å². The van der Waals surface area contributed by atoms with Crippen LogP contribution in [0.5, 0.6) is 0 Å². The molecule has 2 aromatic heterocycles. The molecule has 0 unspecified atom stereocenters. The second kappa shape index (κ2) is 7.19. The van der Waals surface area contributed by atoms with Gasteiger partial charge in [-0.25, -0.2) is 8.42 Å². The lowest BCUT2D eigenvalue weighted by molar-refractivity contribution is 0.0949. The zero-order valence-electron chi connectivity index (χ0n) is 12.4. The second-order valence-electron chi connectivity index (χ2n) is 4.86. The maximum atomic E-state index is 12.3. The summed E-state index contributed by atoms with van der Waals surface area (Å²) < 4.78 is 26.3. The van der Waals surface area contributed by atoms with Gasteiger partial charge in [0.25, 0.3) is 15.9 Å². The molecule has 0 aliphatic carbocycles. The molecule has 0 saturated heterocycles. The summed E-state index contributed by atoms with van der Waals surface area (Å²) in [4.78, 5) is 14.6. The van der Waals surface area contributed by atoms with Gasteiger partial charge in [0.2, 0.25) is 0 Å². The van der Waals surface area contributed by atoms with Gasteiger partial charge in [-0.2, -0.15) is 0 Å². The summed E-state index contributed by atoms with van der Waals surface area (Å²) in [5.74, 6) is -0.567. The Labute approximate surface area is 158 Å². The van der Waals surface area contributed by atoms with E-state index >= 15 is 0 Å². The predicted octanol–water partition coefficient (Wildman–Crippen LogP) is 3.47. The van der Waals surface area contributed by atoms with Crippen molar-refractivity contribution in [3.8, 4) is 5.69 Å². The molecule has 0 aliphatic rings. The molecule has 2 heterocycles. The molecule has 10 heteroatoms. The van der Waals surface area contributed by atoms with E-state index < -0.39 is 15.9 Å². The van der Waals surface area contributed by atoms with Crippen molar-refractivity contribution >= 4 is 50.5 Å². The van der Waals surface area contributed by atoms with E-state index in [0.717, 1.165) is 0 Å². The minimum absolute atomic E-state index is 0.101. The summed E-state index contributed by atoms with van der Waals surface area (Å²) in [6.45, 7) is 0. The van der Waals surface area contributed by atoms with Crippen LogP contribution in [0.1, 0.15) is 9.67 Å². The van der Waals surface area contributed by atoms with Gasteiger partial charge in [-0.3, -0.25) is 10.2 Å². The van der Waals surface area contributed by atoms with Gasteiger partial charge < -0.3 is 4.57 Å². The zero-order valence-corrected chi connectivity index (χ0v) is 15.6. The van der Waals surface area contributed by atoms with Crippen LogP contribution in [0.4, 0.5) is 0 Å². The molecular formula is C15H11Cl2N3O3S2. The highest BCUT2D eigenvalue weighted by molar-refractivity contribution is 7.89. The number of aromatic nitrogens is 1. The van der Waals surface area contributed by atoms with Gasteiger partial charge in [0, 0.05) is 12.4 Å². The average Bonchev–Trinajstić information content (AvgIpc) is 3.25. The normalized spacial score (nSPS) is 11.4. The van der Waals surface area contributed by atoms with Crippen LogP contribution in [0, 0.1) is 0 Å². The Morgan fingerprint density at radius 3 is 2.48 bits per heavy atom. The zero-order chi connectivity index (χ0) is 18.0. The monoisotopic (exact) mass is 415 g/mol. The number of carbonyl (C=O) groups excluding carboxylic acids is 1. The Hall–Kier alpha value is -1.84. The number of rotatable bonds is 5. The Morgan fingerprint density at radius 2 is 1.80 bits per heavy atom. The molecule has 0 bridgehead atoms. The lowest BCUT2D eigenvalue weighted by Gasteiger charge is -2.10. The summed E-state index contributed by atoms with van der Waals surface area (Å²) in [6, 6.07) is 9.28. The molecule has 2 N–H and O–H groups in total. The van der Waals surface area contributed by atoms with Crippen LogP contribution in [-0.4, -0.2) is 18.9 Å². The van der Waals surface area contributed by atoms with Crippen molar-refractivity contribution < 1.29 is 13.2 Å². The molecule has 130 valence electrons. The second-order valence-corrected chi connectivity index (χ2v) is 8.27. The van der Waals surface area contributed by atoms with Crippen LogP contribution in [0.3, 0.4) is 0 Å². The van der Waals surface area contributed by atoms with Crippen molar-refractivity contribution in [1.29, 1.82) is 0 Å². The van der Waals surface area contributed by atoms with Crippen molar-refractivity contribution in [2.75, 3.05) is 0 Å². The molecule has 3 aromatic rings. The van der Waals surface area contributed by atoms with Gasteiger partial charge in [0.15, 0.2) is 0 Å². The Balaban J connectivity index is 1.76.